The minimum Gasteiger partial charge on any atom is -0.392 e. The molecule has 5 nitrogen and oxygen atoms in total. The Morgan fingerprint density at radius 3 is 3.18 bits per heavy atom. The molecule has 0 spiro atoms. The van der Waals surface area contributed by atoms with Crippen LogP contribution in [-0.4, -0.2) is 41.7 Å². The molecule has 0 saturated heterocycles. The molecule has 1 atom stereocenters. The van der Waals surface area contributed by atoms with Crippen LogP contribution in [0.3, 0.4) is 0 Å². The minimum absolute atomic E-state index is 0.397. The number of aliphatic hydroxyl groups excluding tert-OH is 1. The summed E-state index contributed by atoms with van der Waals surface area (Å²) in [6, 6.07) is 3.87. The van der Waals surface area contributed by atoms with Gasteiger partial charge in [-0.2, -0.15) is 0 Å². The van der Waals surface area contributed by atoms with Crippen molar-refractivity contribution in [1.82, 2.24) is 10.3 Å². The average Bonchev–Trinajstić information content (AvgIpc) is 2.38. The lowest BCUT2D eigenvalue weighted by Crippen LogP contribution is -2.31. The largest absolute Gasteiger partial charge is 0.392 e. The van der Waals surface area contributed by atoms with Crippen LogP contribution >= 0.6 is 0 Å². The van der Waals surface area contributed by atoms with Crippen LogP contribution in [0.25, 0.3) is 0 Å². The number of rotatable bonds is 4. The smallest absolute Gasteiger partial charge is 0.137 e. The number of hydrogen-bond donors (Lipinski definition) is 3. The van der Waals surface area contributed by atoms with Gasteiger partial charge in [-0.05, 0) is 25.5 Å². The van der Waals surface area contributed by atoms with E-state index < -0.39 is 6.10 Å². The number of nitrogens with zero attached hydrogens (tertiary/aromatic N) is 2. The van der Waals surface area contributed by atoms with Gasteiger partial charge in [0.15, 0.2) is 0 Å². The van der Waals surface area contributed by atoms with Crippen molar-refractivity contribution in [3.05, 3.63) is 23.9 Å². The second kappa shape index (κ2) is 5.63. The number of aliphatic imine (C=N–C) groups is 1. The first-order valence-electron chi connectivity index (χ1n) is 5.93. The zero-order valence-corrected chi connectivity index (χ0v) is 9.98. The Labute approximate surface area is 101 Å². The third-order valence-corrected chi connectivity index (χ3v) is 2.53. The molecular formula is C12H18N4O. The number of aliphatic hydroxyl groups is 1. The van der Waals surface area contributed by atoms with Gasteiger partial charge < -0.3 is 15.7 Å². The Bertz CT molecular complexity index is 403. The molecule has 1 aliphatic rings. The van der Waals surface area contributed by atoms with Crippen molar-refractivity contribution >= 4 is 11.7 Å². The van der Waals surface area contributed by atoms with Crippen LogP contribution in [0.2, 0.25) is 0 Å². The number of aromatic nitrogens is 1. The Morgan fingerprint density at radius 1 is 1.59 bits per heavy atom. The monoisotopic (exact) mass is 234 g/mol. The zero-order valence-electron chi connectivity index (χ0n) is 9.98. The maximum atomic E-state index is 9.28. The molecule has 17 heavy (non-hydrogen) atoms. The predicted octanol–water partition coefficient (Wildman–Crippen LogP) is 0.614. The molecule has 0 amide bonds. The third-order valence-electron chi connectivity index (χ3n) is 2.53. The van der Waals surface area contributed by atoms with Gasteiger partial charge in [0, 0.05) is 25.8 Å². The molecule has 1 aromatic rings. The van der Waals surface area contributed by atoms with Crippen LogP contribution < -0.4 is 10.6 Å². The summed E-state index contributed by atoms with van der Waals surface area (Å²) in [7, 11) is 0. The fourth-order valence-electron chi connectivity index (χ4n) is 1.69. The van der Waals surface area contributed by atoms with E-state index >= 15 is 0 Å². The molecule has 1 unspecified atom stereocenters. The Kier molecular flexibility index (Phi) is 3.93. The van der Waals surface area contributed by atoms with Crippen LogP contribution in [0, 0.1) is 0 Å². The lowest BCUT2D eigenvalue weighted by molar-refractivity contribution is 0.208. The fourth-order valence-corrected chi connectivity index (χ4v) is 1.69. The van der Waals surface area contributed by atoms with Crippen LogP contribution in [0.5, 0.6) is 0 Å². The van der Waals surface area contributed by atoms with Gasteiger partial charge in [0.2, 0.25) is 0 Å². The molecule has 0 aromatic carbocycles. The first kappa shape index (κ1) is 11.9. The van der Waals surface area contributed by atoms with Crippen LogP contribution in [0.1, 0.15) is 18.9 Å². The normalized spacial score (nSPS) is 16.9. The Hall–Kier alpha value is -1.62. The first-order valence-corrected chi connectivity index (χ1v) is 5.93. The van der Waals surface area contributed by atoms with Crippen molar-refractivity contribution in [2.75, 3.05) is 25.0 Å². The van der Waals surface area contributed by atoms with E-state index in [1.807, 2.05) is 12.1 Å². The highest BCUT2D eigenvalue weighted by Gasteiger charge is 2.12. The highest BCUT2D eigenvalue weighted by Crippen LogP contribution is 2.13. The molecular weight excluding hydrogens is 216 g/mol. The highest BCUT2D eigenvalue weighted by atomic mass is 16.3. The molecule has 0 aliphatic carbocycles. The minimum atomic E-state index is -0.397. The van der Waals surface area contributed by atoms with E-state index in [2.05, 4.69) is 20.6 Å². The second-order valence-electron chi connectivity index (χ2n) is 4.14. The number of hydrogen-bond acceptors (Lipinski definition) is 5. The molecule has 0 fully saturated rings. The maximum Gasteiger partial charge on any atom is 0.137 e. The summed E-state index contributed by atoms with van der Waals surface area (Å²) >= 11 is 0. The first-order chi connectivity index (χ1) is 8.27. The van der Waals surface area contributed by atoms with Gasteiger partial charge in [0.1, 0.15) is 11.7 Å². The summed E-state index contributed by atoms with van der Waals surface area (Å²) in [6.07, 6.45) is 2.41. The predicted molar refractivity (Wildman–Crippen MR) is 68.4 cm³/mol. The molecule has 1 aliphatic heterocycles. The van der Waals surface area contributed by atoms with Gasteiger partial charge >= 0.3 is 0 Å². The van der Waals surface area contributed by atoms with Crippen molar-refractivity contribution in [1.29, 1.82) is 0 Å². The number of amidine groups is 1. The van der Waals surface area contributed by atoms with Crippen molar-refractivity contribution in [3.8, 4) is 0 Å². The van der Waals surface area contributed by atoms with Crippen molar-refractivity contribution in [2.24, 2.45) is 4.99 Å². The standard InChI is InChI=1S/C12H18N4O/c1-9(17)8-16-12-10(4-2-5-13-12)11-14-6-3-7-15-11/h2,4-5,9,17H,3,6-8H2,1H3,(H,13,16)(H,14,15). The van der Waals surface area contributed by atoms with Crippen LogP contribution in [-0.2, 0) is 0 Å². The Balaban J connectivity index is 2.17. The number of anilines is 1. The second-order valence-corrected chi connectivity index (χ2v) is 4.14. The quantitative estimate of drug-likeness (QED) is 0.714. The molecule has 2 rings (SSSR count). The van der Waals surface area contributed by atoms with Crippen molar-refractivity contribution in [3.63, 3.8) is 0 Å². The summed E-state index contributed by atoms with van der Waals surface area (Å²) in [6.45, 7) is 4.03. The molecule has 0 saturated carbocycles. The summed E-state index contributed by atoms with van der Waals surface area (Å²) < 4.78 is 0. The average molecular weight is 234 g/mol. The molecule has 0 bridgehead atoms. The number of nitrogens with one attached hydrogen (secondary N) is 2. The lowest BCUT2D eigenvalue weighted by atomic mass is 10.2. The maximum absolute atomic E-state index is 9.28. The SMILES string of the molecule is CC(O)CNc1ncccc1C1=NCCCN1. The molecule has 1 aromatic heterocycles. The summed E-state index contributed by atoms with van der Waals surface area (Å²) in [5, 5.41) is 15.7. The van der Waals surface area contributed by atoms with E-state index in [-0.39, 0.29) is 0 Å². The summed E-state index contributed by atoms with van der Waals surface area (Å²) in [5.41, 5.74) is 0.966. The summed E-state index contributed by atoms with van der Waals surface area (Å²) in [4.78, 5) is 8.73. The van der Waals surface area contributed by atoms with Crippen LogP contribution in [0.4, 0.5) is 5.82 Å². The zero-order chi connectivity index (χ0) is 12.1. The molecule has 92 valence electrons. The van der Waals surface area contributed by atoms with Gasteiger partial charge in [-0.1, -0.05) is 0 Å². The molecule has 5 heteroatoms. The van der Waals surface area contributed by atoms with Gasteiger partial charge in [-0.25, -0.2) is 4.98 Å². The topological polar surface area (TPSA) is 69.5 Å². The van der Waals surface area contributed by atoms with E-state index in [1.54, 1.807) is 13.1 Å². The van der Waals surface area contributed by atoms with E-state index in [0.717, 1.165) is 36.7 Å². The molecule has 0 radical (unpaired) electrons. The van der Waals surface area contributed by atoms with Gasteiger partial charge in [-0.15, -0.1) is 0 Å². The van der Waals surface area contributed by atoms with E-state index in [9.17, 15) is 5.11 Å². The molecule has 3 N–H and O–H groups in total. The van der Waals surface area contributed by atoms with Crippen LogP contribution in [0.15, 0.2) is 23.3 Å². The van der Waals surface area contributed by atoms with Gasteiger partial charge in [0.25, 0.3) is 0 Å². The van der Waals surface area contributed by atoms with Crippen molar-refractivity contribution in [2.45, 2.75) is 19.4 Å². The Morgan fingerprint density at radius 2 is 2.47 bits per heavy atom. The molecule has 2 heterocycles. The lowest BCUT2D eigenvalue weighted by Gasteiger charge is -2.17. The van der Waals surface area contributed by atoms with Gasteiger partial charge in [-0.3, -0.25) is 4.99 Å². The van der Waals surface area contributed by atoms with E-state index in [4.69, 9.17) is 0 Å². The van der Waals surface area contributed by atoms with E-state index in [1.165, 1.54) is 0 Å². The van der Waals surface area contributed by atoms with Crippen molar-refractivity contribution < 1.29 is 5.11 Å². The number of pyridine rings is 1. The highest BCUT2D eigenvalue weighted by molar-refractivity contribution is 6.03. The summed E-state index contributed by atoms with van der Waals surface area (Å²) in [5.74, 6) is 1.65. The van der Waals surface area contributed by atoms with E-state index in [0.29, 0.717) is 6.54 Å². The third kappa shape index (κ3) is 3.17. The van der Waals surface area contributed by atoms with Gasteiger partial charge in [0.05, 0.1) is 11.7 Å². The fraction of sp³-hybridized carbons (Fsp3) is 0.500.